The third-order valence-electron chi connectivity index (χ3n) is 1.59. The Morgan fingerprint density at radius 1 is 1.55 bits per heavy atom. The molecule has 5 N–H and O–H groups in total. The Morgan fingerprint density at radius 2 is 2.18 bits per heavy atom. The summed E-state index contributed by atoms with van der Waals surface area (Å²) in [5.41, 5.74) is 11.0. The maximum Gasteiger partial charge on any atom is 0.318 e. The molecule has 0 aromatic rings. The van der Waals surface area contributed by atoms with Crippen LogP contribution in [-0.4, -0.2) is 33.8 Å². The Balaban J connectivity index is 3.22. The van der Waals surface area contributed by atoms with Gasteiger partial charge in [0.05, 0.1) is 0 Å². The van der Waals surface area contributed by atoms with Gasteiger partial charge >= 0.3 is 9.28 Å². The van der Waals surface area contributed by atoms with Crippen LogP contribution in [0.5, 0.6) is 0 Å². The molecule has 2 unspecified atom stereocenters. The summed E-state index contributed by atoms with van der Waals surface area (Å²) in [5.74, 6) is 0. The van der Waals surface area contributed by atoms with Crippen LogP contribution in [0.4, 0.5) is 0 Å². The monoisotopic (exact) mass is 178 g/mol. The molecule has 0 saturated carbocycles. The standard InChI is InChI=1S/C6H18N2O2Si/c1-10-11(9)5-3-6(8)2-4-7/h6,9,11H,2-5,7-8H2,1H3. The van der Waals surface area contributed by atoms with Crippen LogP contribution in [0.25, 0.3) is 0 Å². The van der Waals surface area contributed by atoms with Crippen molar-refractivity contribution >= 4 is 9.28 Å². The third kappa shape index (κ3) is 6.45. The minimum Gasteiger partial charge on any atom is -0.413 e. The molecule has 0 bridgehead atoms. The van der Waals surface area contributed by atoms with E-state index in [1.165, 1.54) is 7.11 Å². The normalized spacial score (nSPS) is 16.4. The summed E-state index contributed by atoms with van der Waals surface area (Å²) in [5, 5.41) is 0. The largest absolute Gasteiger partial charge is 0.413 e. The first-order valence-electron chi connectivity index (χ1n) is 3.87. The fraction of sp³-hybridized carbons (Fsp3) is 1.00. The number of hydrogen-bond donors (Lipinski definition) is 3. The Bertz CT molecular complexity index is 94.7. The molecule has 0 saturated heterocycles. The minimum absolute atomic E-state index is 0.122. The van der Waals surface area contributed by atoms with E-state index in [1.807, 2.05) is 0 Å². The smallest absolute Gasteiger partial charge is 0.318 e. The molecular formula is C6H18N2O2Si. The van der Waals surface area contributed by atoms with Crippen molar-refractivity contribution in [2.45, 2.75) is 24.9 Å². The molecule has 0 radical (unpaired) electrons. The van der Waals surface area contributed by atoms with Crippen molar-refractivity contribution in [3.8, 4) is 0 Å². The second kappa shape index (κ2) is 6.75. The van der Waals surface area contributed by atoms with E-state index in [1.54, 1.807) is 0 Å². The predicted molar refractivity (Wildman–Crippen MR) is 47.4 cm³/mol. The minimum atomic E-state index is -1.88. The topological polar surface area (TPSA) is 81.5 Å². The van der Waals surface area contributed by atoms with E-state index in [-0.39, 0.29) is 6.04 Å². The summed E-state index contributed by atoms with van der Waals surface area (Å²) in [6.07, 6.45) is 1.64. The molecule has 0 spiro atoms. The average molecular weight is 178 g/mol. The summed E-state index contributed by atoms with van der Waals surface area (Å²) in [4.78, 5) is 9.10. The molecule has 5 heteroatoms. The van der Waals surface area contributed by atoms with Crippen molar-refractivity contribution in [2.24, 2.45) is 11.5 Å². The fourth-order valence-electron chi connectivity index (χ4n) is 0.833. The molecule has 0 fully saturated rings. The lowest BCUT2D eigenvalue weighted by Gasteiger charge is -2.11. The molecule has 0 aromatic carbocycles. The average Bonchev–Trinajstić information content (AvgIpc) is 2.01. The molecule has 0 aromatic heterocycles. The van der Waals surface area contributed by atoms with Gasteiger partial charge < -0.3 is 20.7 Å². The van der Waals surface area contributed by atoms with E-state index < -0.39 is 9.28 Å². The van der Waals surface area contributed by atoms with Crippen LogP contribution in [0, 0.1) is 0 Å². The SMILES string of the molecule is CO[SiH](O)CCC(N)CCN. The highest BCUT2D eigenvalue weighted by Gasteiger charge is 2.08. The second-order valence-corrected chi connectivity index (χ2v) is 4.56. The Hall–Kier alpha value is 0.0569. The van der Waals surface area contributed by atoms with Crippen LogP contribution in [0.3, 0.4) is 0 Å². The van der Waals surface area contributed by atoms with E-state index in [0.717, 1.165) is 18.9 Å². The lowest BCUT2D eigenvalue weighted by molar-refractivity contribution is 0.322. The highest BCUT2D eigenvalue weighted by molar-refractivity contribution is 6.42. The molecule has 68 valence electrons. The van der Waals surface area contributed by atoms with Crippen LogP contribution in [-0.2, 0) is 4.43 Å². The van der Waals surface area contributed by atoms with Crippen LogP contribution in [0.15, 0.2) is 0 Å². The van der Waals surface area contributed by atoms with Crippen molar-refractivity contribution in [2.75, 3.05) is 13.7 Å². The molecule has 0 amide bonds. The molecule has 0 heterocycles. The lowest BCUT2D eigenvalue weighted by Crippen LogP contribution is -2.26. The molecule has 2 atom stereocenters. The van der Waals surface area contributed by atoms with Gasteiger partial charge in [-0.15, -0.1) is 0 Å². The summed E-state index contributed by atoms with van der Waals surface area (Å²) in [6.45, 7) is 0.617. The zero-order valence-corrected chi connectivity index (χ0v) is 8.15. The van der Waals surface area contributed by atoms with Gasteiger partial charge in [-0.1, -0.05) is 0 Å². The Morgan fingerprint density at radius 3 is 2.64 bits per heavy atom. The third-order valence-corrected chi connectivity index (χ3v) is 2.97. The van der Waals surface area contributed by atoms with Crippen molar-refractivity contribution in [3.05, 3.63) is 0 Å². The molecule has 0 aliphatic rings. The van der Waals surface area contributed by atoms with Crippen LogP contribution in [0.2, 0.25) is 6.04 Å². The van der Waals surface area contributed by atoms with Gasteiger partial charge in [0.15, 0.2) is 0 Å². The summed E-state index contributed by atoms with van der Waals surface area (Å²) in [6, 6.07) is 0.842. The molecule has 0 aliphatic carbocycles. The molecule has 11 heavy (non-hydrogen) atoms. The number of nitrogens with two attached hydrogens (primary N) is 2. The van der Waals surface area contributed by atoms with Gasteiger partial charge in [-0.3, -0.25) is 0 Å². The number of hydrogen-bond acceptors (Lipinski definition) is 4. The highest BCUT2D eigenvalue weighted by Crippen LogP contribution is 2.01. The zero-order chi connectivity index (χ0) is 8.69. The molecule has 0 aliphatic heterocycles. The Labute approximate surface area is 69.4 Å². The van der Waals surface area contributed by atoms with Crippen LogP contribution < -0.4 is 11.5 Å². The van der Waals surface area contributed by atoms with E-state index >= 15 is 0 Å². The van der Waals surface area contributed by atoms with Crippen molar-refractivity contribution in [1.82, 2.24) is 0 Å². The van der Waals surface area contributed by atoms with E-state index in [4.69, 9.17) is 20.7 Å². The van der Waals surface area contributed by atoms with E-state index in [9.17, 15) is 0 Å². The van der Waals surface area contributed by atoms with Gasteiger partial charge in [0.25, 0.3) is 0 Å². The zero-order valence-electron chi connectivity index (χ0n) is 6.99. The highest BCUT2D eigenvalue weighted by atomic mass is 28.3. The summed E-state index contributed by atoms with van der Waals surface area (Å²) < 4.78 is 4.79. The van der Waals surface area contributed by atoms with Crippen molar-refractivity contribution in [1.29, 1.82) is 0 Å². The predicted octanol–water partition coefficient (Wildman–Crippen LogP) is -1.09. The van der Waals surface area contributed by atoms with E-state index in [0.29, 0.717) is 6.54 Å². The summed E-state index contributed by atoms with van der Waals surface area (Å²) in [7, 11) is -0.350. The van der Waals surface area contributed by atoms with Gasteiger partial charge in [-0.05, 0) is 25.4 Å². The van der Waals surface area contributed by atoms with Crippen molar-refractivity contribution in [3.63, 3.8) is 0 Å². The Kier molecular flexibility index (Phi) is 6.78. The van der Waals surface area contributed by atoms with Crippen LogP contribution in [0.1, 0.15) is 12.8 Å². The molecule has 4 nitrogen and oxygen atoms in total. The van der Waals surface area contributed by atoms with Gasteiger partial charge in [0, 0.05) is 13.2 Å². The van der Waals surface area contributed by atoms with Gasteiger partial charge in [-0.25, -0.2) is 0 Å². The first kappa shape index (κ1) is 11.1. The van der Waals surface area contributed by atoms with Crippen LogP contribution >= 0.6 is 0 Å². The van der Waals surface area contributed by atoms with Crippen molar-refractivity contribution < 1.29 is 9.22 Å². The van der Waals surface area contributed by atoms with Gasteiger partial charge in [-0.2, -0.15) is 0 Å². The maximum absolute atomic E-state index is 9.10. The quantitative estimate of drug-likeness (QED) is 0.452. The first-order valence-corrected chi connectivity index (χ1v) is 5.67. The first-order chi connectivity index (χ1) is 5.20. The molecular weight excluding hydrogens is 160 g/mol. The lowest BCUT2D eigenvalue weighted by atomic mass is 10.2. The fourth-order valence-corrected chi connectivity index (χ4v) is 1.78. The number of rotatable bonds is 6. The second-order valence-electron chi connectivity index (χ2n) is 2.61. The van der Waals surface area contributed by atoms with E-state index in [2.05, 4.69) is 0 Å². The van der Waals surface area contributed by atoms with Gasteiger partial charge in [0.2, 0.25) is 0 Å². The van der Waals surface area contributed by atoms with Gasteiger partial charge in [0.1, 0.15) is 0 Å². The maximum atomic E-state index is 9.10. The molecule has 0 rings (SSSR count). The summed E-state index contributed by atoms with van der Waals surface area (Å²) >= 11 is 0.